The highest BCUT2D eigenvalue weighted by Crippen LogP contribution is 2.26. The molecule has 2 N–H and O–H groups in total. The second kappa shape index (κ2) is 4.75. The molecule has 4 heteroatoms. The first-order chi connectivity index (χ1) is 8.13. The van der Waals surface area contributed by atoms with E-state index in [9.17, 15) is 4.79 Å². The normalized spacial score (nSPS) is 19.8. The molecule has 1 heterocycles. The van der Waals surface area contributed by atoms with Gasteiger partial charge in [-0.25, -0.2) is 0 Å². The van der Waals surface area contributed by atoms with Crippen molar-refractivity contribution in [3.8, 4) is 5.75 Å². The van der Waals surface area contributed by atoms with Crippen LogP contribution in [0.2, 0.25) is 0 Å². The van der Waals surface area contributed by atoms with E-state index in [2.05, 4.69) is 0 Å². The molecule has 92 valence electrons. The number of carbonyl (C=O) groups excluding carboxylic acids is 1. The maximum absolute atomic E-state index is 11.8. The van der Waals surface area contributed by atoms with Gasteiger partial charge in [0.25, 0.3) is 5.91 Å². The van der Waals surface area contributed by atoms with E-state index >= 15 is 0 Å². The van der Waals surface area contributed by atoms with E-state index in [1.807, 2.05) is 25.1 Å². The summed E-state index contributed by atoms with van der Waals surface area (Å²) in [5.41, 5.74) is 7.66. The largest absolute Gasteiger partial charge is 0.480 e. The van der Waals surface area contributed by atoms with Crippen LogP contribution in [0.4, 0.5) is 0 Å². The Balaban J connectivity index is 2.21. The molecule has 1 aromatic rings. The first-order valence-corrected chi connectivity index (χ1v) is 5.83. The van der Waals surface area contributed by atoms with Gasteiger partial charge in [-0.3, -0.25) is 4.79 Å². The summed E-state index contributed by atoms with van der Waals surface area (Å²) in [5, 5.41) is 0. The number of para-hydroxylation sites is 1. The number of aryl methyl sites for hydroxylation is 1. The van der Waals surface area contributed by atoms with Gasteiger partial charge in [-0.05, 0) is 12.5 Å². The first kappa shape index (κ1) is 11.9. The van der Waals surface area contributed by atoms with E-state index in [4.69, 9.17) is 10.5 Å². The fourth-order valence-corrected chi connectivity index (χ4v) is 2.08. The third-order valence-corrected chi connectivity index (χ3v) is 3.15. The number of likely N-dealkylation sites (tertiary alicyclic amines) is 1. The minimum absolute atomic E-state index is 0.0521. The Morgan fingerprint density at radius 1 is 1.53 bits per heavy atom. The summed E-state index contributed by atoms with van der Waals surface area (Å²) in [6.45, 7) is 3.15. The highest BCUT2D eigenvalue weighted by molar-refractivity contribution is 5.83. The predicted molar refractivity (Wildman–Crippen MR) is 65.7 cm³/mol. The van der Waals surface area contributed by atoms with Crippen LogP contribution in [-0.4, -0.2) is 30.5 Å². The Labute approximate surface area is 101 Å². The second-order valence-corrected chi connectivity index (χ2v) is 4.42. The Morgan fingerprint density at radius 2 is 2.29 bits per heavy atom. The average Bonchev–Trinajstić information content (AvgIpc) is 2.63. The molecule has 0 spiro atoms. The van der Waals surface area contributed by atoms with Gasteiger partial charge < -0.3 is 15.4 Å². The molecule has 1 aromatic carbocycles. The fraction of sp³-hybridized carbons (Fsp3) is 0.462. The SMILES string of the molecule is Cc1cccc(CN)c1OC1CCN(C)C1=O. The highest BCUT2D eigenvalue weighted by atomic mass is 16.5. The highest BCUT2D eigenvalue weighted by Gasteiger charge is 2.31. The summed E-state index contributed by atoms with van der Waals surface area (Å²) in [4.78, 5) is 13.5. The van der Waals surface area contributed by atoms with E-state index in [-0.39, 0.29) is 12.0 Å². The van der Waals surface area contributed by atoms with Gasteiger partial charge in [-0.2, -0.15) is 0 Å². The van der Waals surface area contributed by atoms with Crippen molar-refractivity contribution in [3.05, 3.63) is 29.3 Å². The topological polar surface area (TPSA) is 55.6 Å². The number of hydrogen-bond donors (Lipinski definition) is 1. The fourth-order valence-electron chi connectivity index (χ4n) is 2.08. The van der Waals surface area contributed by atoms with E-state index in [0.29, 0.717) is 6.54 Å². The van der Waals surface area contributed by atoms with E-state index in [1.165, 1.54) is 0 Å². The van der Waals surface area contributed by atoms with E-state index in [0.717, 1.165) is 29.8 Å². The molecule has 1 amide bonds. The first-order valence-electron chi connectivity index (χ1n) is 5.83. The third-order valence-electron chi connectivity index (χ3n) is 3.15. The van der Waals surface area contributed by atoms with Crippen LogP contribution >= 0.6 is 0 Å². The molecule has 0 bridgehead atoms. The number of ether oxygens (including phenoxy) is 1. The molecule has 1 saturated heterocycles. The van der Waals surface area contributed by atoms with Crippen molar-refractivity contribution in [2.45, 2.75) is 26.0 Å². The molecule has 1 atom stereocenters. The lowest BCUT2D eigenvalue weighted by atomic mass is 10.1. The molecule has 17 heavy (non-hydrogen) atoms. The summed E-state index contributed by atoms with van der Waals surface area (Å²) in [6.07, 6.45) is 0.389. The van der Waals surface area contributed by atoms with Gasteiger partial charge >= 0.3 is 0 Å². The number of nitrogens with two attached hydrogens (primary N) is 1. The van der Waals surface area contributed by atoms with Crippen molar-refractivity contribution in [3.63, 3.8) is 0 Å². The van der Waals surface area contributed by atoms with Crippen LogP contribution < -0.4 is 10.5 Å². The summed E-state index contributed by atoms with van der Waals surface area (Å²) < 4.78 is 5.84. The summed E-state index contributed by atoms with van der Waals surface area (Å²) in [6, 6.07) is 5.86. The molecule has 0 radical (unpaired) electrons. The number of carbonyl (C=O) groups is 1. The Kier molecular flexibility index (Phi) is 3.33. The molecule has 1 unspecified atom stereocenters. The van der Waals surface area contributed by atoms with Gasteiger partial charge in [0.1, 0.15) is 5.75 Å². The molecular formula is C13H18N2O2. The molecular weight excluding hydrogens is 216 g/mol. The molecule has 4 nitrogen and oxygen atoms in total. The number of benzene rings is 1. The smallest absolute Gasteiger partial charge is 0.263 e. The summed E-state index contributed by atoms with van der Waals surface area (Å²) in [5.74, 6) is 0.819. The Morgan fingerprint density at radius 3 is 2.88 bits per heavy atom. The zero-order valence-corrected chi connectivity index (χ0v) is 10.3. The van der Waals surface area contributed by atoms with Crippen LogP contribution in [0, 0.1) is 6.92 Å². The molecule has 0 saturated carbocycles. The molecule has 0 aliphatic carbocycles. The minimum Gasteiger partial charge on any atom is -0.480 e. The van der Waals surface area contributed by atoms with Crippen LogP contribution in [0.1, 0.15) is 17.5 Å². The van der Waals surface area contributed by atoms with Crippen molar-refractivity contribution in [1.29, 1.82) is 0 Å². The zero-order chi connectivity index (χ0) is 12.4. The zero-order valence-electron chi connectivity index (χ0n) is 10.3. The standard InChI is InChI=1S/C13H18N2O2/c1-9-4-3-5-10(8-14)12(9)17-11-6-7-15(2)13(11)16/h3-5,11H,6-8,14H2,1-2H3. The van der Waals surface area contributed by atoms with Gasteiger partial charge in [-0.1, -0.05) is 18.2 Å². The summed E-state index contributed by atoms with van der Waals surface area (Å²) >= 11 is 0. The summed E-state index contributed by atoms with van der Waals surface area (Å²) in [7, 11) is 1.80. The molecule has 1 aliphatic rings. The van der Waals surface area contributed by atoms with Crippen LogP contribution in [0.25, 0.3) is 0 Å². The molecule has 1 fully saturated rings. The average molecular weight is 234 g/mol. The lowest BCUT2D eigenvalue weighted by Crippen LogP contribution is -2.30. The van der Waals surface area contributed by atoms with Crippen LogP contribution in [0.5, 0.6) is 5.75 Å². The van der Waals surface area contributed by atoms with E-state index in [1.54, 1.807) is 11.9 Å². The monoisotopic (exact) mass is 234 g/mol. The maximum atomic E-state index is 11.8. The number of likely N-dealkylation sites (N-methyl/N-ethyl adjacent to an activating group) is 1. The van der Waals surface area contributed by atoms with Gasteiger partial charge in [-0.15, -0.1) is 0 Å². The molecule has 2 rings (SSSR count). The third kappa shape index (κ3) is 2.26. The van der Waals surface area contributed by atoms with Crippen LogP contribution in [0.3, 0.4) is 0 Å². The van der Waals surface area contributed by atoms with Gasteiger partial charge in [0.15, 0.2) is 6.10 Å². The number of nitrogens with zero attached hydrogens (tertiary/aromatic N) is 1. The Bertz CT molecular complexity index is 431. The maximum Gasteiger partial charge on any atom is 0.263 e. The molecule has 0 aromatic heterocycles. The van der Waals surface area contributed by atoms with Gasteiger partial charge in [0, 0.05) is 32.1 Å². The lowest BCUT2D eigenvalue weighted by molar-refractivity contribution is -0.132. The second-order valence-electron chi connectivity index (χ2n) is 4.42. The minimum atomic E-state index is -0.355. The van der Waals surface area contributed by atoms with Crippen molar-refractivity contribution >= 4 is 5.91 Å². The predicted octanol–water partition coefficient (Wildman–Crippen LogP) is 1.06. The van der Waals surface area contributed by atoms with Crippen LogP contribution in [-0.2, 0) is 11.3 Å². The van der Waals surface area contributed by atoms with Crippen molar-refractivity contribution in [1.82, 2.24) is 4.90 Å². The van der Waals surface area contributed by atoms with Gasteiger partial charge in [0.05, 0.1) is 0 Å². The Hall–Kier alpha value is -1.55. The molecule has 1 aliphatic heterocycles. The number of hydrogen-bond acceptors (Lipinski definition) is 3. The van der Waals surface area contributed by atoms with E-state index < -0.39 is 0 Å². The van der Waals surface area contributed by atoms with Crippen molar-refractivity contribution in [2.24, 2.45) is 5.73 Å². The number of rotatable bonds is 3. The van der Waals surface area contributed by atoms with Gasteiger partial charge in [0.2, 0.25) is 0 Å². The quantitative estimate of drug-likeness (QED) is 0.851. The van der Waals surface area contributed by atoms with Crippen LogP contribution in [0.15, 0.2) is 18.2 Å². The van der Waals surface area contributed by atoms with Crippen molar-refractivity contribution in [2.75, 3.05) is 13.6 Å². The number of amides is 1. The van der Waals surface area contributed by atoms with Crippen molar-refractivity contribution < 1.29 is 9.53 Å². The lowest BCUT2D eigenvalue weighted by Gasteiger charge is -2.17.